The van der Waals surface area contributed by atoms with Crippen molar-refractivity contribution >= 4 is 24.1 Å². The molecular weight excluding hydrogens is 506 g/mol. The molecule has 2 aromatic carbocycles. The maximum Gasteiger partial charge on any atom is 0.142 e. The van der Waals surface area contributed by atoms with E-state index in [2.05, 4.69) is 127 Å². The summed E-state index contributed by atoms with van der Waals surface area (Å²) in [7, 11) is 1.74. The Morgan fingerprint density at radius 2 is 1.39 bits per heavy atom. The SMILES string of the molecule is C=C/C(=C/CC)OCCC.C=CC=O.CCN(CC)c1ccc(/C=C/c2ccc(C)cc2)cc1.COCCC(C)C. The van der Waals surface area contributed by atoms with Gasteiger partial charge in [-0.2, -0.15) is 0 Å². The van der Waals surface area contributed by atoms with Crippen LogP contribution in [0.2, 0.25) is 0 Å². The van der Waals surface area contributed by atoms with E-state index in [1.54, 1.807) is 13.2 Å². The molecule has 0 fully saturated rings. The lowest BCUT2D eigenvalue weighted by atomic mass is 10.1. The Morgan fingerprint density at radius 1 is 0.878 bits per heavy atom. The number of methoxy groups -OCH3 is 1. The topological polar surface area (TPSA) is 38.8 Å². The van der Waals surface area contributed by atoms with E-state index in [0.717, 1.165) is 50.8 Å². The molecule has 0 unspecified atom stereocenters. The Labute approximate surface area is 252 Å². The average molecular weight is 564 g/mol. The predicted molar refractivity (Wildman–Crippen MR) is 183 cm³/mol. The van der Waals surface area contributed by atoms with E-state index in [-0.39, 0.29) is 0 Å². The first-order valence-corrected chi connectivity index (χ1v) is 14.9. The number of allylic oxidation sites excluding steroid dienone is 3. The van der Waals surface area contributed by atoms with Gasteiger partial charge in [-0.3, -0.25) is 4.79 Å². The number of anilines is 1. The normalized spacial score (nSPS) is 10.3. The quantitative estimate of drug-likeness (QED) is 0.0754. The first-order chi connectivity index (χ1) is 19.8. The van der Waals surface area contributed by atoms with Crippen LogP contribution in [0.25, 0.3) is 12.2 Å². The Morgan fingerprint density at radius 3 is 1.73 bits per heavy atom. The summed E-state index contributed by atoms with van der Waals surface area (Å²) in [4.78, 5) is 11.4. The van der Waals surface area contributed by atoms with Gasteiger partial charge >= 0.3 is 0 Å². The summed E-state index contributed by atoms with van der Waals surface area (Å²) in [5, 5.41) is 0. The summed E-state index contributed by atoms with van der Waals surface area (Å²) in [6.07, 6.45) is 13.2. The molecule has 0 bridgehead atoms. The lowest BCUT2D eigenvalue weighted by Crippen LogP contribution is -2.21. The number of hydrogen-bond donors (Lipinski definition) is 0. The lowest BCUT2D eigenvalue weighted by molar-refractivity contribution is -0.104. The van der Waals surface area contributed by atoms with Crippen LogP contribution in [-0.4, -0.2) is 39.7 Å². The van der Waals surface area contributed by atoms with E-state index >= 15 is 0 Å². The van der Waals surface area contributed by atoms with Crippen LogP contribution >= 0.6 is 0 Å². The molecule has 2 rings (SSSR count). The number of benzene rings is 2. The predicted octanol–water partition coefficient (Wildman–Crippen LogP) is 9.95. The third-order valence-corrected chi connectivity index (χ3v) is 5.64. The number of nitrogens with zero attached hydrogens (tertiary/aromatic N) is 1. The molecule has 0 radical (unpaired) electrons. The number of rotatable bonds is 14. The lowest BCUT2D eigenvalue weighted by Gasteiger charge is -2.20. The summed E-state index contributed by atoms with van der Waals surface area (Å²) in [6, 6.07) is 17.3. The summed E-state index contributed by atoms with van der Waals surface area (Å²) < 4.78 is 10.2. The van der Waals surface area contributed by atoms with Crippen LogP contribution in [0.4, 0.5) is 5.69 Å². The fourth-order valence-electron chi connectivity index (χ4n) is 3.23. The van der Waals surface area contributed by atoms with Gasteiger partial charge in [0.25, 0.3) is 0 Å². The minimum Gasteiger partial charge on any atom is -0.494 e. The van der Waals surface area contributed by atoms with Crippen molar-refractivity contribution in [3.63, 3.8) is 0 Å². The van der Waals surface area contributed by atoms with Crippen LogP contribution in [0, 0.1) is 12.8 Å². The Kier molecular flexibility index (Phi) is 27.3. The summed E-state index contributed by atoms with van der Waals surface area (Å²) in [5.41, 5.74) is 5.07. The standard InChI is InChI=1S/C19H23N.C9H16O.C6H14O.C3H4O/c1-4-20(5-2)19-14-12-18(13-15-19)11-10-17-8-6-16(3)7-9-17;1-4-7-9(6-3)10-8-5-2;1-6(2)4-5-7-3;1-2-3-4/h6-15H,4-5H2,1-3H3;6-7H,3-5,8H2,1-2H3;6H,4-5H2,1-3H3;2-3H,1H2/b11-10+;9-7-;;. The number of aldehydes is 1. The smallest absolute Gasteiger partial charge is 0.142 e. The highest BCUT2D eigenvalue weighted by Gasteiger charge is 2.00. The molecule has 0 N–H and O–H groups in total. The first-order valence-electron chi connectivity index (χ1n) is 14.9. The Bertz CT molecular complexity index is 947. The molecule has 0 amide bonds. The van der Waals surface area contributed by atoms with Crippen molar-refractivity contribution in [2.75, 3.05) is 38.3 Å². The maximum absolute atomic E-state index is 9.06. The fourth-order valence-corrected chi connectivity index (χ4v) is 3.23. The number of ether oxygens (including phenoxy) is 2. The van der Waals surface area contributed by atoms with E-state index in [4.69, 9.17) is 14.3 Å². The van der Waals surface area contributed by atoms with Crippen molar-refractivity contribution in [3.05, 3.63) is 102 Å². The monoisotopic (exact) mass is 563 g/mol. The van der Waals surface area contributed by atoms with Gasteiger partial charge in [0.05, 0.1) is 6.61 Å². The molecular formula is C37H57NO3. The summed E-state index contributed by atoms with van der Waals surface area (Å²) in [6.45, 7) is 25.6. The van der Waals surface area contributed by atoms with Crippen molar-refractivity contribution in [1.29, 1.82) is 0 Å². The van der Waals surface area contributed by atoms with Gasteiger partial charge in [-0.25, -0.2) is 0 Å². The van der Waals surface area contributed by atoms with E-state index in [0.29, 0.717) is 6.29 Å². The molecule has 4 nitrogen and oxygen atoms in total. The van der Waals surface area contributed by atoms with E-state index < -0.39 is 0 Å². The van der Waals surface area contributed by atoms with Crippen LogP contribution in [0.5, 0.6) is 0 Å². The van der Waals surface area contributed by atoms with Gasteiger partial charge in [0.1, 0.15) is 12.0 Å². The van der Waals surface area contributed by atoms with E-state index in [9.17, 15) is 0 Å². The number of carbonyl (C=O) groups excluding carboxylic acids is 1. The van der Waals surface area contributed by atoms with Gasteiger partial charge in [0, 0.05) is 32.5 Å². The minimum absolute atomic E-state index is 0.639. The second-order valence-electron chi connectivity index (χ2n) is 9.62. The molecule has 4 heteroatoms. The van der Waals surface area contributed by atoms with E-state index in [1.165, 1.54) is 34.9 Å². The largest absolute Gasteiger partial charge is 0.494 e. The van der Waals surface area contributed by atoms with Crippen LogP contribution < -0.4 is 4.90 Å². The second-order valence-corrected chi connectivity index (χ2v) is 9.62. The molecule has 228 valence electrons. The van der Waals surface area contributed by atoms with Gasteiger partial charge in [-0.05, 0) is 87.4 Å². The molecule has 2 aromatic rings. The molecule has 0 aliphatic carbocycles. The van der Waals surface area contributed by atoms with Crippen molar-refractivity contribution in [2.24, 2.45) is 5.92 Å². The Hall–Kier alpha value is -3.37. The molecule has 41 heavy (non-hydrogen) atoms. The Balaban J connectivity index is 0. The van der Waals surface area contributed by atoms with Gasteiger partial charge < -0.3 is 14.4 Å². The van der Waals surface area contributed by atoms with Gasteiger partial charge in [0.2, 0.25) is 0 Å². The van der Waals surface area contributed by atoms with Gasteiger partial charge in [0.15, 0.2) is 0 Å². The molecule has 0 heterocycles. The highest BCUT2D eigenvalue weighted by molar-refractivity contribution is 5.70. The van der Waals surface area contributed by atoms with E-state index in [1.807, 2.05) is 6.08 Å². The molecule has 0 spiro atoms. The molecule has 0 aliphatic heterocycles. The second kappa shape index (κ2) is 28.2. The molecule has 0 saturated carbocycles. The molecule has 0 aliphatic rings. The van der Waals surface area contributed by atoms with Crippen molar-refractivity contribution in [2.45, 2.75) is 67.7 Å². The van der Waals surface area contributed by atoms with Crippen molar-refractivity contribution in [3.8, 4) is 0 Å². The zero-order chi connectivity index (χ0) is 31.3. The zero-order valence-corrected chi connectivity index (χ0v) is 27.2. The van der Waals surface area contributed by atoms with Gasteiger partial charge in [-0.15, -0.1) is 0 Å². The third kappa shape index (κ3) is 23.1. The molecule has 0 atom stereocenters. The number of hydrogen-bond acceptors (Lipinski definition) is 4. The highest BCUT2D eigenvalue weighted by Crippen LogP contribution is 2.16. The third-order valence-electron chi connectivity index (χ3n) is 5.64. The van der Waals surface area contributed by atoms with Crippen molar-refractivity contribution in [1.82, 2.24) is 0 Å². The number of aryl methyl sites for hydroxylation is 1. The fraction of sp³-hybridized carbons (Fsp3) is 0.432. The molecule has 0 saturated heterocycles. The summed E-state index contributed by atoms with van der Waals surface area (Å²) in [5.74, 6) is 1.68. The minimum atomic E-state index is 0.639. The average Bonchev–Trinajstić information content (AvgIpc) is 3.00. The van der Waals surface area contributed by atoms with Crippen LogP contribution in [0.3, 0.4) is 0 Å². The zero-order valence-electron chi connectivity index (χ0n) is 27.2. The van der Waals surface area contributed by atoms with Gasteiger partial charge in [-0.1, -0.05) is 95.0 Å². The molecule has 0 aromatic heterocycles. The van der Waals surface area contributed by atoms with Crippen LogP contribution in [0.1, 0.15) is 77.5 Å². The number of carbonyl (C=O) groups is 1. The van der Waals surface area contributed by atoms with Crippen LogP contribution in [0.15, 0.2) is 85.7 Å². The van der Waals surface area contributed by atoms with Crippen molar-refractivity contribution < 1.29 is 14.3 Å². The first kappa shape index (κ1) is 39.8. The maximum atomic E-state index is 9.06. The highest BCUT2D eigenvalue weighted by atomic mass is 16.5. The van der Waals surface area contributed by atoms with Crippen LogP contribution in [-0.2, 0) is 14.3 Å². The summed E-state index contributed by atoms with van der Waals surface area (Å²) >= 11 is 0.